The van der Waals surface area contributed by atoms with Crippen molar-refractivity contribution in [1.29, 1.82) is 0 Å². The maximum absolute atomic E-state index is 5.72. The molecule has 0 saturated carbocycles. The molecule has 1 fully saturated rings. The number of allylic oxidation sites excluding steroid dienone is 1. The molecule has 90 valence electrons. The average molecular weight is 222 g/mol. The lowest BCUT2D eigenvalue weighted by Gasteiger charge is -2.38. The van der Waals surface area contributed by atoms with Crippen LogP contribution in [0.5, 0.6) is 0 Å². The Morgan fingerprint density at radius 1 is 1.56 bits per heavy atom. The van der Waals surface area contributed by atoms with Crippen LogP contribution in [0.1, 0.15) is 13.3 Å². The molecule has 1 saturated heterocycles. The normalized spacial score (nSPS) is 35.2. The minimum atomic E-state index is -0.0758. The minimum Gasteiger partial charge on any atom is -0.398 e. The monoisotopic (exact) mass is 222 g/mol. The molecule has 0 bridgehead atoms. The molecule has 0 amide bonds. The summed E-state index contributed by atoms with van der Waals surface area (Å²) in [4.78, 5) is 4.78. The third-order valence-electron chi connectivity index (χ3n) is 3.68. The van der Waals surface area contributed by atoms with E-state index in [1.54, 1.807) is 0 Å². The quantitative estimate of drug-likeness (QED) is 0.705. The predicted octanol–water partition coefficient (Wildman–Crippen LogP) is 0.298. The third kappa shape index (κ3) is 2.08. The van der Waals surface area contributed by atoms with Crippen molar-refractivity contribution >= 4 is 0 Å². The lowest BCUT2D eigenvalue weighted by molar-refractivity contribution is 0.146. The van der Waals surface area contributed by atoms with E-state index in [9.17, 15) is 0 Å². The van der Waals surface area contributed by atoms with Crippen molar-refractivity contribution in [1.82, 2.24) is 15.1 Å². The predicted molar refractivity (Wildman–Crippen MR) is 66.6 cm³/mol. The van der Waals surface area contributed by atoms with Gasteiger partial charge in [-0.05, 0) is 39.6 Å². The second-order valence-electron chi connectivity index (χ2n) is 5.12. The van der Waals surface area contributed by atoms with Gasteiger partial charge in [0, 0.05) is 31.0 Å². The van der Waals surface area contributed by atoms with Crippen molar-refractivity contribution in [3.8, 4) is 0 Å². The first-order valence-corrected chi connectivity index (χ1v) is 5.85. The average Bonchev–Trinajstić information content (AvgIpc) is 2.72. The zero-order chi connectivity index (χ0) is 11.8. The summed E-state index contributed by atoms with van der Waals surface area (Å²) >= 11 is 0. The van der Waals surface area contributed by atoms with Crippen LogP contribution in [0.15, 0.2) is 24.0 Å². The summed E-state index contributed by atoms with van der Waals surface area (Å²) in [6.07, 6.45) is 7.26. The van der Waals surface area contributed by atoms with Gasteiger partial charge in [-0.3, -0.25) is 4.90 Å². The van der Waals surface area contributed by atoms with Gasteiger partial charge in [0.05, 0.1) is 0 Å². The zero-order valence-corrected chi connectivity index (χ0v) is 10.4. The molecule has 0 aromatic heterocycles. The van der Waals surface area contributed by atoms with Gasteiger partial charge >= 0.3 is 0 Å². The lowest BCUT2D eigenvalue weighted by atomic mass is 10.1. The van der Waals surface area contributed by atoms with Crippen molar-refractivity contribution < 1.29 is 0 Å². The van der Waals surface area contributed by atoms with Crippen molar-refractivity contribution in [2.45, 2.75) is 25.0 Å². The molecule has 0 aliphatic carbocycles. The summed E-state index contributed by atoms with van der Waals surface area (Å²) in [7, 11) is 4.30. The first-order chi connectivity index (χ1) is 7.51. The molecule has 0 radical (unpaired) electrons. The molecular formula is C12H22N4. The molecule has 16 heavy (non-hydrogen) atoms. The van der Waals surface area contributed by atoms with E-state index in [4.69, 9.17) is 5.73 Å². The largest absolute Gasteiger partial charge is 0.398 e. The molecule has 2 aliphatic rings. The Morgan fingerprint density at radius 3 is 2.81 bits per heavy atom. The maximum Gasteiger partial charge on any atom is 0.107 e. The number of likely N-dealkylation sites (N-methyl/N-ethyl adjacent to an activating group) is 1. The molecule has 0 aromatic rings. The second-order valence-corrected chi connectivity index (χ2v) is 5.12. The fourth-order valence-electron chi connectivity index (χ4n) is 2.37. The number of nitrogens with zero attached hydrogens (tertiary/aromatic N) is 2. The fraction of sp³-hybridized carbons (Fsp3) is 0.667. The highest BCUT2D eigenvalue weighted by Crippen LogP contribution is 2.24. The Hall–Kier alpha value is -1.00. The van der Waals surface area contributed by atoms with E-state index in [1.807, 2.05) is 12.3 Å². The highest BCUT2D eigenvalue weighted by molar-refractivity contribution is 5.25. The first-order valence-electron chi connectivity index (χ1n) is 5.85. The molecule has 1 unspecified atom stereocenters. The molecule has 0 aromatic carbocycles. The summed E-state index contributed by atoms with van der Waals surface area (Å²) in [5, 5.41) is 3.38. The summed E-state index contributed by atoms with van der Waals surface area (Å²) < 4.78 is 0. The van der Waals surface area contributed by atoms with Crippen LogP contribution in [0.25, 0.3) is 0 Å². The van der Waals surface area contributed by atoms with Crippen molar-refractivity contribution in [3.63, 3.8) is 0 Å². The van der Waals surface area contributed by atoms with Gasteiger partial charge in [-0.15, -0.1) is 0 Å². The number of nitrogens with two attached hydrogens (primary N) is 1. The van der Waals surface area contributed by atoms with E-state index in [2.05, 4.69) is 42.2 Å². The van der Waals surface area contributed by atoms with Gasteiger partial charge in [-0.25, -0.2) is 0 Å². The molecule has 2 atom stereocenters. The summed E-state index contributed by atoms with van der Waals surface area (Å²) in [5.74, 6) is 0. The third-order valence-corrected chi connectivity index (χ3v) is 3.68. The Kier molecular flexibility index (Phi) is 2.95. The summed E-state index contributed by atoms with van der Waals surface area (Å²) in [6.45, 7) is 4.43. The second kappa shape index (κ2) is 4.11. The maximum atomic E-state index is 5.72. The standard InChI is InChI=1S/C12H22N4/c1-12(6-4-10(13)8-14-12)16-7-5-11(9-16)15(2)3/h4,6,8,11,14H,5,7,9,13H2,1-3H3/t11-,12?/m0/s1. The van der Waals surface area contributed by atoms with Crippen LogP contribution in [0.4, 0.5) is 0 Å². The first kappa shape index (κ1) is 11.5. The SMILES string of the molecule is CN(C)[C@H]1CCN(C2(C)C=CC(N)=CN2)C1. The number of hydrogen-bond acceptors (Lipinski definition) is 4. The Balaban J connectivity index is 2.02. The van der Waals surface area contributed by atoms with Crippen molar-refractivity contribution in [2.75, 3.05) is 27.2 Å². The van der Waals surface area contributed by atoms with Gasteiger partial charge in [0.15, 0.2) is 0 Å². The van der Waals surface area contributed by atoms with Gasteiger partial charge < -0.3 is 16.0 Å². The molecule has 2 rings (SSSR count). The molecular weight excluding hydrogens is 200 g/mol. The van der Waals surface area contributed by atoms with Gasteiger partial charge in [-0.1, -0.05) is 0 Å². The van der Waals surface area contributed by atoms with Gasteiger partial charge in [0.1, 0.15) is 5.66 Å². The number of hydrogen-bond donors (Lipinski definition) is 2. The van der Waals surface area contributed by atoms with Crippen LogP contribution in [0.3, 0.4) is 0 Å². The molecule has 2 aliphatic heterocycles. The van der Waals surface area contributed by atoms with Crippen molar-refractivity contribution in [2.24, 2.45) is 5.73 Å². The van der Waals surface area contributed by atoms with E-state index >= 15 is 0 Å². The Bertz CT molecular complexity index is 321. The highest BCUT2D eigenvalue weighted by atomic mass is 15.3. The molecule has 2 heterocycles. The van der Waals surface area contributed by atoms with E-state index in [0.717, 1.165) is 18.8 Å². The van der Waals surface area contributed by atoms with Gasteiger partial charge in [0.25, 0.3) is 0 Å². The molecule has 4 heteroatoms. The van der Waals surface area contributed by atoms with Crippen LogP contribution in [-0.2, 0) is 0 Å². The van der Waals surface area contributed by atoms with Crippen LogP contribution >= 0.6 is 0 Å². The smallest absolute Gasteiger partial charge is 0.107 e. The summed E-state index contributed by atoms with van der Waals surface area (Å²) in [5.41, 5.74) is 6.43. The topological polar surface area (TPSA) is 44.5 Å². The van der Waals surface area contributed by atoms with Crippen molar-refractivity contribution in [3.05, 3.63) is 24.0 Å². The Labute approximate surface area is 97.8 Å². The number of likely N-dealkylation sites (tertiary alicyclic amines) is 1. The van der Waals surface area contributed by atoms with E-state index in [0.29, 0.717) is 6.04 Å². The fourth-order valence-corrected chi connectivity index (χ4v) is 2.37. The van der Waals surface area contributed by atoms with Crippen LogP contribution in [-0.4, -0.2) is 48.7 Å². The minimum absolute atomic E-state index is 0.0758. The molecule has 0 spiro atoms. The van der Waals surface area contributed by atoms with Gasteiger partial charge in [0.2, 0.25) is 0 Å². The Morgan fingerprint density at radius 2 is 2.31 bits per heavy atom. The molecule has 4 nitrogen and oxygen atoms in total. The molecule has 3 N–H and O–H groups in total. The van der Waals surface area contributed by atoms with Crippen LogP contribution in [0, 0.1) is 0 Å². The lowest BCUT2D eigenvalue weighted by Crippen LogP contribution is -2.54. The number of dihydropyridines is 1. The number of nitrogens with one attached hydrogen (secondary N) is 1. The van der Waals surface area contributed by atoms with E-state index < -0.39 is 0 Å². The number of rotatable bonds is 2. The van der Waals surface area contributed by atoms with Crippen LogP contribution < -0.4 is 11.1 Å². The van der Waals surface area contributed by atoms with E-state index in [1.165, 1.54) is 6.42 Å². The van der Waals surface area contributed by atoms with Gasteiger partial charge in [-0.2, -0.15) is 0 Å². The van der Waals surface area contributed by atoms with E-state index in [-0.39, 0.29) is 5.66 Å². The zero-order valence-electron chi connectivity index (χ0n) is 10.4. The van der Waals surface area contributed by atoms with Crippen LogP contribution in [0.2, 0.25) is 0 Å². The summed E-state index contributed by atoms with van der Waals surface area (Å²) in [6, 6.07) is 0.662. The highest BCUT2D eigenvalue weighted by Gasteiger charge is 2.35.